The van der Waals surface area contributed by atoms with Crippen molar-refractivity contribution in [2.24, 2.45) is 5.92 Å². The van der Waals surface area contributed by atoms with Crippen molar-refractivity contribution < 1.29 is 15.5 Å². The van der Waals surface area contributed by atoms with Crippen LogP contribution in [0.2, 0.25) is 0 Å². The van der Waals surface area contributed by atoms with E-state index in [0.29, 0.717) is 5.92 Å². The number of rotatable bonds is 0. The summed E-state index contributed by atoms with van der Waals surface area (Å²) < 4.78 is 1.24. The van der Waals surface area contributed by atoms with Gasteiger partial charge in [-0.05, 0) is 0 Å². The molecular formula is C8H13NiSi. The summed E-state index contributed by atoms with van der Waals surface area (Å²) in [5.41, 5.74) is 2.96. The molecule has 0 aliphatic heterocycles. The molecule has 0 aromatic carbocycles. The minimum absolute atomic E-state index is 0.562. The Bertz CT molecular complexity index is 201. The van der Waals surface area contributed by atoms with E-state index in [-0.39, 0.29) is 0 Å². The molecule has 0 saturated heterocycles. The first-order valence-corrected chi connectivity index (χ1v) is 5.06. The fourth-order valence-electron chi connectivity index (χ4n) is 1.29. The maximum atomic E-state index is 4.97. The van der Waals surface area contributed by atoms with Gasteiger partial charge in [0, 0.05) is 0 Å². The summed E-state index contributed by atoms with van der Waals surface area (Å²) in [5, 5.41) is 1.48. The van der Waals surface area contributed by atoms with Crippen LogP contribution in [0.5, 0.6) is 0 Å². The molecule has 0 aromatic rings. The summed E-state index contributed by atoms with van der Waals surface area (Å²) >= 11 is 4.97. The van der Waals surface area contributed by atoms with E-state index < -0.39 is 0 Å². The third-order valence-electron chi connectivity index (χ3n) is 2.49. The van der Waals surface area contributed by atoms with Crippen LogP contribution >= 0.6 is 0 Å². The van der Waals surface area contributed by atoms with Crippen molar-refractivity contribution in [1.29, 1.82) is 0 Å². The molecule has 0 amide bonds. The topological polar surface area (TPSA) is 0 Å². The molecule has 0 radical (unpaired) electrons. The van der Waals surface area contributed by atoms with E-state index in [1.807, 2.05) is 0 Å². The predicted octanol–water partition coefficient (Wildman–Crippen LogP) is 1.10. The Kier molecular flexibility index (Phi) is 2.21. The first-order chi connectivity index (χ1) is 4.55. The van der Waals surface area contributed by atoms with Crippen molar-refractivity contribution in [3.05, 3.63) is 20.9 Å². The van der Waals surface area contributed by atoms with E-state index >= 15 is 0 Å². The first-order valence-electron chi connectivity index (χ1n) is 3.56. The van der Waals surface area contributed by atoms with Gasteiger partial charge in [0.1, 0.15) is 0 Å². The van der Waals surface area contributed by atoms with Crippen LogP contribution in [0.1, 0.15) is 20.8 Å². The predicted molar refractivity (Wildman–Crippen MR) is 44.5 cm³/mol. The second kappa shape index (κ2) is 2.67. The van der Waals surface area contributed by atoms with E-state index in [2.05, 4.69) is 20.8 Å². The Hall–Kier alpha value is 0.190. The van der Waals surface area contributed by atoms with Crippen LogP contribution in [0.3, 0.4) is 0 Å². The summed E-state index contributed by atoms with van der Waals surface area (Å²) in [7, 11) is 1.12. The number of hydrogen-bond acceptors (Lipinski definition) is 0. The van der Waals surface area contributed by atoms with Crippen molar-refractivity contribution in [2.75, 3.05) is 0 Å². The Morgan fingerprint density at radius 1 is 1.40 bits per heavy atom. The minimum atomic E-state index is 0.562. The van der Waals surface area contributed by atoms with Crippen LogP contribution in [-0.2, 0) is 15.5 Å². The van der Waals surface area contributed by atoms with Crippen LogP contribution in [0.4, 0.5) is 0 Å². The molecule has 0 aromatic heterocycles. The fourth-order valence-corrected chi connectivity index (χ4v) is 2.52. The zero-order chi connectivity index (χ0) is 7.89. The van der Waals surface area contributed by atoms with Gasteiger partial charge in [0.15, 0.2) is 0 Å². The standard InChI is InChI=1S/C8H13Si.Ni/c1-5-4-8(9)7(3)6(5)2;/h5H,1-3,9H3;. The van der Waals surface area contributed by atoms with E-state index in [9.17, 15) is 0 Å². The average molecular weight is 196 g/mol. The summed E-state index contributed by atoms with van der Waals surface area (Å²) in [5.74, 6) is 0.562. The monoisotopic (exact) mass is 195 g/mol. The third-order valence-corrected chi connectivity index (χ3v) is 4.98. The Labute approximate surface area is 73.6 Å². The van der Waals surface area contributed by atoms with Gasteiger partial charge in [0.05, 0.1) is 0 Å². The normalized spacial score (nSPS) is 27.1. The van der Waals surface area contributed by atoms with Crippen molar-refractivity contribution >= 4 is 10.2 Å². The Morgan fingerprint density at radius 2 is 1.90 bits per heavy atom. The molecule has 0 N–H and O–H groups in total. The van der Waals surface area contributed by atoms with Crippen LogP contribution in [0.15, 0.2) is 20.9 Å². The number of allylic oxidation sites excluding steroid dienone is 4. The van der Waals surface area contributed by atoms with Crippen LogP contribution < -0.4 is 0 Å². The van der Waals surface area contributed by atoms with Gasteiger partial charge >= 0.3 is 73.3 Å². The molecular weight excluding hydrogens is 183 g/mol. The molecule has 0 spiro atoms. The van der Waals surface area contributed by atoms with Gasteiger partial charge in [-0.15, -0.1) is 0 Å². The van der Waals surface area contributed by atoms with E-state index in [1.54, 1.807) is 0 Å². The van der Waals surface area contributed by atoms with Crippen molar-refractivity contribution in [3.63, 3.8) is 0 Å². The SMILES string of the molecule is CC1=C(C)C(C)[C]([Ni])=C1[SiH3]. The molecule has 1 aliphatic rings. The van der Waals surface area contributed by atoms with Crippen LogP contribution in [0.25, 0.3) is 0 Å². The Morgan fingerprint density at radius 3 is 2.00 bits per heavy atom. The molecule has 10 heavy (non-hydrogen) atoms. The molecule has 1 rings (SSSR count). The maximum absolute atomic E-state index is 4.97. The fraction of sp³-hybridized carbons (Fsp3) is 0.500. The quantitative estimate of drug-likeness (QED) is 0.509. The summed E-state index contributed by atoms with van der Waals surface area (Å²) in [6, 6.07) is 0. The number of hydrogen-bond donors (Lipinski definition) is 0. The molecule has 0 fully saturated rings. The molecule has 0 saturated carbocycles. The second-order valence-electron chi connectivity index (χ2n) is 2.97. The van der Waals surface area contributed by atoms with Crippen molar-refractivity contribution in [3.8, 4) is 0 Å². The second-order valence-corrected chi connectivity index (χ2v) is 4.50. The zero-order valence-corrected chi connectivity index (χ0v) is 9.88. The summed E-state index contributed by atoms with van der Waals surface area (Å²) in [6.07, 6.45) is 0. The third kappa shape index (κ3) is 1.04. The average Bonchev–Trinajstić information content (AvgIpc) is 2.07. The summed E-state index contributed by atoms with van der Waals surface area (Å²) in [4.78, 5) is 0. The van der Waals surface area contributed by atoms with E-state index in [1.165, 1.54) is 20.9 Å². The molecule has 59 valence electrons. The van der Waals surface area contributed by atoms with E-state index in [4.69, 9.17) is 15.5 Å². The van der Waals surface area contributed by atoms with Gasteiger partial charge in [0.2, 0.25) is 0 Å². The molecule has 0 nitrogen and oxygen atoms in total. The van der Waals surface area contributed by atoms with Gasteiger partial charge in [-0.3, -0.25) is 0 Å². The van der Waals surface area contributed by atoms with Gasteiger partial charge in [-0.2, -0.15) is 0 Å². The van der Waals surface area contributed by atoms with Crippen molar-refractivity contribution in [1.82, 2.24) is 0 Å². The van der Waals surface area contributed by atoms with Gasteiger partial charge in [-0.25, -0.2) is 0 Å². The molecule has 1 unspecified atom stereocenters. The van der Waals surface area contributed by atoms with Gasteiger partial charge in [0.25, 0.3) is 0 Å². The molecule has 0 bridgehead atoms. The van der Waals surface area contributed by atoms with Crippen LogP contribution in [-0.4, -0.2) is 10.2 Å². The molecule has 0 heterocycles. The molecule has 2 heteroatoms. The van der Waals surface area contributed by atoms with Gasteiger partial charge in [-0.1, -0.05) is 0 Å². The van der Waals surface area contributed by atoms with E-state index in [0.717, 1.165) is 10.2 Å². The molecule has 1 aliphatic carbocycles. The molecule has 1 atom stereocenters. The van der Waals surface area contributed by atoms with Crippen LogP contribution in [0, 0.1) is 5.92 Å². The summed E-state index contributed by atoms with van der Waals surface area (Å²) in [6.45, 7) is 6.60. The van der Waals surface area contributed by atoms with Crippen molar-refractivity contribution in [2.45, 2.75) is 20.8 Å². The zero-order valence-electron chi connectivity index (χ0n) is 6.89. The first kappa shape index (κ1) is 8.29. The Balaban J connectivity index is 3.09. The van der Waals surface area contributed by atoms with Gasteiger partial charge < -0.3 is 0 Å².